The average Bonchev–Trinajstić information content (AvgIpc) is 3.33. The zero-order valence-electron chi connectivity index (χ0n) is 11.6. The number of aliphatic imine (C=N–C) groups is 1. The molecule has 0 amide bonds. The van der Waals surface area contributed by atoms with Gasteiger partial charge in [-0.3, -0.25) is 4.99 Å². The fourth-order valence-electron chi connectivity index (χ4n) is 2.82. The Morgan fingerprint density at radius 3 is 2.84 bits per heavy atom. The molecule has 3 nitrogen and oxygen atoms in total. The van der Waals surface area contributed by atoms with Gasteiger partial charge in [-0.15, -0.1) is 11.3 Å². The lowest BCUT2D eigenvalue weighted by molar-refractivity contribution is 0.431. The van der Waals surface area contributed by atoms with Crippen molar-refractivity contribution in [2.75, 3.05) is 20.1 Å². The van der Waals surface area contributed by atoms with Gasteiger partial charge < -0.3 is 10.6 Å². The Bertz CT molecular complexity index is 430. The highest BCUT2D eigenvalue weighted by atomic mass is 32.1. The fraction of sp³-hybridized carbons (Fsp3) is 0.667. The second-order valence-electron chi connectivity index (χ2n) is 5.82. The lowest BCUT2D eigenvalue weighted by atomic mass is 10.0. The molecule has 3 rings (SSSR count). The summed E-state index contributed by atoms with van der Waals surface area (Å²) >= 11 is 1.82. The molecule has 0 spiro atoms. The van der Waals surface area contributed by atoms with Gasteiger partial charge in [0.25, 0.3) is 0 Å². The Kier molecular flexibility index (Phi) is 3.78. The van der Waals surface area contributed by atoms with Gasteiger partial charge in [-0.1, -0.05) is 6.07 Å². The van der Waals surface area contributed by atoms with Crippen molar-refractivity contribution in [3.63, 3.8) is 0 Å². The maximum absolute atomic E-state index is 4.32. The molecular formula is C15H23N3S. The minimum Gasteiger partial charge on any atom is -0.356 e. The van der Waals surface area contributed by atoms with E-state index in [1.165, 1.54) is 30.6 Å². The minimum atomic E-state index is 0.630. The molecule has 0 bridgehead atoms. The van der Waals surface area contributed by atoms with E-state index in [1.807, 2.05) is 18.4 Å². The van der Waals surface area contributed by atoms with Crippen LogP contribution in [0.15, 0.2) is 22.5 Å². The number of hydrogen-bond donors (Lipinski definition) is 2. The summed E-state index contributed by atoms with van der Waals surface area (Å²) in [6.07, 6.45) is 6.80. The molecule has 0 aliphatic heterocycles. The van der Waals surface area contributed by atoms with Crippen LogP contribution in [0.2, 0.25) is 0 Å². The van der Waals surface area contributed by atoms with Crippen molar-refractivity contribution in [3.8, 4) is 0 Å². The van der Waals surface area contributed by atoms with Crippen LogP contribution in [0.25, 0.3) is 0 Å². The third-order valence-corrected chi connectivity index (χ3v) is 5.35. The van der Waals surface area contributed by atoms with Gasteiger partial charge in [-0.05, 0) is 54.9 Å². The average molecular weight is 277 g/mol. The van der Waals surface area contributed by atoms with E-state index in [1.54, 1.807) is 0 Å². The van der Waals surface area contributed by atoms with Crippen LogP contribution in [0.5, 0.6) is 0 Å². The SMILES string of the molecule is CN=C(NCCc1cccs1)NCC1(C2CC2)CC1. The summed E-state index contributed by atoms with van der Waals surface area (Å²) in [4.78, 5) is 5.75. The number of nitrogens with zero attached hydrogens (tertiary/aromatic N) is 1. The molecule has 2 saturated carbocycles. The number of hydrogen-bond acceptors (Lipinski definition) is 2. The molecule has 4 heteroatoms. The van der Waals surface area contributed by atoms with E-state index < -0.39 is 0 Å². The second kappa shape index (κ2) is 5.53. The normalized spacial score (nSPS) is 21.2. The molecule has 0 radical (unpaired) electrons. The molecule has 1 aromatic rings. The van der Waals surface area contributed by atoms with Gasteiger partial charge in [-0.25, -0.2) is 0 Å². The summed E-state index contributed by atoms with van der Waals surface area (Å²) in [5.41, 5.74) is 0.630. The predicted octanol–water partition coefficient (Wildman–Crippen LogP) is 2.65. The molecular weight excluding hydrogens is 254 g/mol. The van der Waals surface area contributed by atoms with Crippen molar-refractivity contribution in [3.05, 3.63) is 22.4 Å². The Morgan fingerprint density at radius 2 is 2.26 bits per heavy atom. The number of guanidine groups is 1. The highest BCUT2D eigenvalue weighted by molar-refractivity contribution is 7.09. The van der Waals surface area contributed by atoms with Crippen LogP contribution in [0.1, 0.15) is 30.6 Å². The first-order valence-corrected chi connectivity index (χ1v) is 8.17. The standard InChI is InChI=1S/C15H23N3S/c1-16-14(17-9-6-13-3-2-10-19-13)18-11-15(7-8-15)12-4-5-12/h2-3,10,12H,4-9,11H2,1H3,(H2,16,17,18). The minimum absolute atomic E-state index is 0.630. The van der Waals surface area contributed by atoms with Gasteiger partial charge in [-0.2, -0.15) is 0 Å². The van der Waals surface area contributed by atoms with E-state index in [0.29, 0.717) is 5.41 Å². The molecule has 104 valence electrons. The summed E-state index contributed by atoms with van der Waals surface area (Å²) in [7, 11) is 1.86. The van der Waals surface area contributed by atoms with Crippen molar-refractivity contribution in [2.24, 2.45) is 16.3 Å². The lowest BCUT2D eigenvalue weighted by Gasteiger charge is -2.17. The molecule has 2 N–H and O–H groups in total. The summed E-state index contributed by atoms with van der Waals surface area (Å²) < 4.78 is 0. The second-order valence-corrected chi connectivity index (χ2v) is 6.85. The maximum atomic E-state index is 4.32. The lowest BCUT2D eigenvalue weighted by Crippen LogP contribution is -2.41. The van der Waals surface area contributed by atoms with E-state index in [2.05, 4.69) is 33.1 Å². The molecule has 0 saturated heterocycles. The summed E-state index contributed by atoms with van der Waals surface area (Å²) in [6.45, 7) is 2.06. The van der Waals surface area contributed by atoms with Crippen molar-refractivity contribution in [1.82, 2.24) is 10.6 Å². The van der Waals surface area contributed by atoms with Crippen LogP contribution in [0.3, 0.4) is 0 Å². The van der Waals surface area contributed by atoms with Crippen LogP contribution in [-0.4, -0.2) is 26.1 Å². The van der Waals surface area contributed by atoms with Crippen molar-refractivity contribution < 1.29 is 0 Å². The Balaban J connectivity index is 1.38. The Morgan fingerprint density at radius 1 is 1.42 bits per heavy atom. The van der Waals surface area contributed by atoms with Gasteiger partial charge in [0.15, 0.2) is 5.96 Å². The molecule has 2 aliphatic rings. The first-order chi connectivity index (χ1) is 9.32. The van der Waals surface area contributed by atoms with E-state index >= 15 is 0 Å². The molecule has 19 heavy (non-hydrogen) atoms. The van der Waals surface area contributed by atoms with Crippen molar-refractivity contribution in [1.29, 1.82) is 0 Å². The Hall–Kier alpha value is -1.03. The summed E-state index contributed by atoms with van der Waals surface area (Å²) in [5, 5.41) is 9.06. The predicted molar refractivity (Wildman–Crippen MR) is 81.8 cm³/mol. The van der Waals surface area contributed by atoms with E-state index in [-0.39, 0.29) is 0 Å². The summed E-state index contributed by atoms with van der Waals surface area (Å²) in [6, 6.07) is 4.30. The topological polar surface area (TPSA) is 36.4 Å². The van der Waals surface area contributed by atoms with Gasteiger partial charge in [0.05, 0.1) is 0 Å². The third kappa shape index (κ3) is 3.30. The van der Waals surface area contributed by atoms with Gasteiger partial charge in [0, 0.05) is 25.0 Å². The van der Waals surface area contributed by atoms with Gasteiger partial charge in [0.1, 0.15) is 0 Å². The van der Waals surface area contributed by atoms with Gasteiger partial charge >= 0.3 is 0 Å². The monoisotopic (exact) mass is 277 g/mol. The van der Waals surface area contributed by atoms with E-state index in [9.17, 15) is 0 Å². The van der Waals surface area contributed by atoms with Crippen molar-refractivity contribution >= 4 is 17.3 Å². The molecule has 1 aromatic heterocycles. The smallest absolute Gasteiger partial charge is 0.191 e. The molecule has 0 aromatic carbocycles. The molecule has 1 heterocycles. The zero-order chi connectivity index (χ0) is 13.1. The molecule has 0 atom stereocenters. The fourth-order valence-corrected chi connectivity index (χ4v) is 3.53. The van der Waals surface area contributed by atoms with Crippen LogP contribution < -0.4 is 10.6 Å². The number of thiophene rings is 1. The largest absolute Gasteiger partial charge is 0.356 e. The highest BCUT2D eigenvalue weighted by Crippen LogP contribution is 2.60. The van der Waals surface area contributed by atoms with Crippen LogP contribution in [0, 0.1) is 11.3 Å². The molecule has 2 aliphatic carbocycles. The Labute approximate surface area is 119 Å². The third-order valence-electron chi connectivity index (χ3n) is 4.41. The quantitative estimate of drug-likeness (QED) is 0.619. The summed E-state index contributed by atoms with van der Waals surface area (Å²) in [5.74, 6) is 1.97. The number of nitrogens with one attached hydrogen (secondary N) is 2. The van der Waals surface area contributed by atoms with E-state index in [4.69, 9.17) is 0 Å². The van der Waals surface area contributed by atoms with Crippen LogP contribution in [0.4, 0.5) is 0 Å². The molecule has 2 fully saturated rings. The first-order valence-electron chi connectivity index (χ1n) is 7.29. The van der Waals surface area contributed by atoms with Crippen molar-refractivity contribution in [2.45, 2.75) is 32.1 Å². The number of rotatable bonds is 6. The maximum Gasteiger partial charge on any atom is 0.191 e. The van der Waals surface area contributed by atoms with Crippen LogP contribution in [-0.2, 0) is 6.42 Å². The highest BCUT2D eigenvalue weighted by Gasteiger charge is 2.53. The zero-order valence-corrected chi connectivity index (χ0v) is 12.4. The molecule has 0 unspecified atom stereocenters. The van der Waals surface area contributed by atoms with E-state index in [0.717, 1.165) is 31.4 Å². The first kappa shape index (κ1) is 13.0. The van der Waals surface area contributed by atoms with Crippen LogP contribution >= 0.6 is 11.3 Å². The van der Waals surface area contributed by atoms with Gasteiger partial charge in [0.2, 0.25) is 0 Å².